The second-order valence-corrected chi connectivity index (χ2v) is 17.9. The van der Waals surface area contributed by atoms with E-state index in [-0.39, 0.29) is 18.7 Å². The van der Waals surface area contributed by atoms with Crippen molar-refractivity contribution in [2.75, 3.05) is 65.8 Å². The Hall–Kier alpha value is -0.730. The molecule has 0 saturated heterocycles. The number of carbonyl (C=O) groups is 1. The molecule has 2 atom stereocenters. The van der Waals surface area contributed by atoms with E-state index >= 15 is 0 Å². The normalized spacial score (nSPS) is 14.2. The highest BCUT2D eigenvalue weighted by molar-refractivity contribution is 5.69. The fourth-order valence-corrected chi connectivity index (χ4v) is 8.18. The Kier molecular flexibility index (Phi) is 40.0. The van der Waals surface area contributed by atoms with Crippen molar-refractivity contribution < 1.29 is 24.1 Å². The molecule has 1 saturated carbocycles. The van der Waals surface area contributed by atoms with Gasteiger partial charge in [0.15, 0.2) is 0 Å². The maximum absolute atomic E-state index is 12.9. The van der Waals surface area contributed by atoms with E-state index in [9.17, 15) is 9.90 Å². The molecule has 1 aliphatic carbocycles. The number of ether oxygens (including phenoxy) is 3. The molecule has 0 aromatic rings. The van der Waals surface area contributed by atoms with E-state index in [1.807, 2.05) is 0 Å². The van der Waals surface area contributed by atoms with E-state index in [4.69, 9.17) is 14.2 Å². The lowest BCUT2D eigenvalue weighted by molar-refractivity contribution is -0.145. The molecule has 1 fully saturated rings. The number of hydrogen-bond donors (Lipinski definition) is 1. The highest BCUT2D eigenvalue weighted by Crippen LogP contribution is 2.26. The number of rotatable bonds is 47. The summed E-state index contributed by atoms with van der Waals surface area (Å²) in [6, 6.07) is 0.641. The second-order valence-electron chi connectivity index (χ2n) is 17.9. The minimum Gasteiger partial charge on any atom is -0.465 e. The van der Waals surface area contributed by atoms with Crippen LogP contribution in [0.4, 0.5) is 0 Å². The summed E-state index contributed by atoms with van der Waals surface area (Å²) < 4.78 is 18.7. The number of aliphatic hydroxyl groups is 1. The van der Waals surface area contributed by atoms with Crippen molar-refractivity contribution in [1.29, 1.82) is 0 Å². The molecule has 7 nitrogen and oxygen atoms in total. The summed E-state index contributed by atoms with van der Waals surface area (Å²) >= 11 is 0. The first-order valence-electron chi connectivity index (χ1n) is 25.5. The van der Waals surface area contributed by atoms with Crippen LogP contribution in [0, 0.1) is 5.92 Å². The smallest absolute Gasteiger partial charge is 0.305 e. The average molecular weight is 809 g/mol. The Morgan fingerprint density at radius 3 is 1.65 bits per heavy atom. The Morgan fingerprint density at radius 2 is 1.07 bits per heavy atom. The van der Waals surface area contributed by atoms with Crippen LogP contribution in [0.2, 0.25) is 0 Å². The van der Waals surface area contributed by atoms with E-state index in [1.165, 1.54) is 167 Å². The van der Waals surface area contributed by atoms with Gasteiger partial charge in [-0.25, -0.2) is 0 Å². The number of hydrogen-bond acceptors (Lipinski definition) is 7. The van der Waals surface area contributed by atoms with Crippen LogP contribution in [0.15, 0.2) is 0 Å². The summed E-state index contributed by atoms with van der Waals surface area (Å²) in [4.78, 5) is 17.9. The van der Waals surface area contributed by atoms with Gasteiger partial charge < -0.3 is 19.3 Å². The van der Waals surface area contributed by atoms with E-state index in [2.05, 4.69) is 37.5 Å². The van der Waals surface area contributed by atoms with Gasteiger partial charge in [-0.1, -0.05) is 175 Å². The van der Waals surface area contributed by atoms with Crippen molar-refractivity contribution in [1.82, 2.24) is 9.80 Å². The predicted octanol–water partition coefficient (Wildman–Crippen LogP) is 13.1. The van der Waals surface area contributed by atoms with Gasteiger partial charge in [-0.2, -0.15) is 0 Å². The third-order valence-electron chi connectivity index (χ3n) is 12.2. The molecule has 0 aromatic heterocycles. The van der Waals surface area contributed by atoms with Crippen LogP contribution in [-0.2, 0) is 19.0 Å². The molecule has 0 radical (unpaired) electrons. The lowest BCUT2D eigenvalue weighted by atomic mass is 9.95. The van der Waals surface area contributed by atoms with Crippen molar-refractivity contribution in [3.63, 3.8) is 0 Å². The van der Waals surface area contributed by atoms with E-state index in [0.717, 1.165) is 78.0 Å². The van der Waals surface area contributed by atoms with Crippen LogP contribution in [0.3, 0.4) is 0 Å². The first-order chi connectivity index (χ1) is 28.1. The average Bonchev–Trinajstić information content (AvgIpc) is 4.06. The van der Waals surface area contributed by atoms with Crippen LogP contribution in [-0.4, -0.2) is 98.8 Å². The molecule has 1 aliphatic rings. The minimum atomic E-state index is -0.00599. The molecular weight excluding hydrogens is 709 g/mol. The van der Waals surface area contributed by atoms with E-state index < -0.39 is 0 Å². The van der Waals surface area contributed by atoms with Crippen LogP contribution < -0.4 is 0 Å². The minimum absolute atomic E-state index is 0.00599. The molecule has 0 spiro atoms. The zero-order valence-electron chi connectivity index (χ0n) is 38.9. The molecule has 0 aromatic carbocycles. The fourth-order valence-electron chi connectivity index (χ4n) is 8.18. The van der Waals surface area contributed by atoms with E-state index in [0.29, 0.717) is 31.6 Å². The maximum Gasteiger partial charge on any atom is 0.305 e. The number of esters is 1. The van der Waals surface area contributed by atoms with Gasteiger partial charge >= 0.3 is 5.97 Å². The monoisotopic (exact) mass is 809 g/mol. The standard InChI is InChI=1S/C50H100N2O5/c1-5-9-13-17-19-20-21-22-24-30-42-55-46-49(56-43-31-16-12-8-4)44-51(38-39-52(40-41-53)48-35-36-48)37-29-25-28-34-50(54)57-45-47(32-26-15-11-7-3)33-27-23-18-14-10-6-2/h47-49,53H,5-46H2,1-4H3. The summed E-state index contributed by atoms with van der Waals surface area (Å²) in [7, 11) is 0. The van der Waals surface area contributed by atoms with Crippen LogP contribution in [0.5, 0.6) is 0 Å². The molecule has 0 aliphatic heterocycles. The second kappa shape index (κ2) is 42.0. The quantitative estimate of drug-likeness (QED) is 0.0485. The number of unbranched alkanes of at least 4 members (excludes halogenated alkanes) is 22. The van der Waals surface area contributed by atoms with Gasteiger partial charge in [0.1, 0.15) is 0 Å². The topological polar surface area (TPSA) is 71.5 Å². The molecule has 1 rings (SSSR count). The van der Waals surface area contributed by atoms with Crippen LogP contribution in [0.1, 0.15) is 233 Å². The van der Waals surface area contributed by atoms with Gasteiger partial charge in [-0.05, 0) is 63.8 Å². The lowest BCUT2D eigenvalue weighted by Crippen LogP contribution is -2.43. The highest BCUT2D eigenvalue weighted by atomic mass is 16.5. The zero-order chi connectivity index (χ0) is 41.3. The highest BCUT2D eigenvalue weighted by Gasteiger charge is 2.29. The molecule has 340 valence electrons. The molecule has 7 heteroatoms. The summed E-state index contributed by atoms with van der Waals surface area (Å²) in [6.45, 7) is 16.8. The van der Waals surface area contributed by atoms with Crippen LogP contribution >= 0.6 is 0 Å². The van der Waals surface area contributed by atoms with Gasteiger partial charge in [-0.3, -0.25) is 14.6 Å². The Labute approximate surface area is 355 Å². The predicted molar refractivity (Wildman–Crippen MR) is 244 cm³/mol. The lowest BCUT2D eigenvalue weighted by Gasteiger charge is -2.30. The fraction of sp³-hybridized carbons (Fsp3) is 0.980. The van der Waals surface area contributed by atoms with Gasteiger partial charge in [0, 0.05) is 51.9 Å². The Morgan fingerprint density at radius 1 is 0.561 bits per heavy atom. The number of aliphatic hydroxyl groups excluding tert-OH is 1. The Balaban J connectivity index is 2.59. The molecular formula is C50H100N2O5. The summed E-state index contributed by atoms with van der Waals surface area (Å²) in [5, 5.41) is 9.74. The van der Waals surface area contributed by atoms with Crippen molar-refractivity contribution in [2.24, 2.45) is 5.92 Å². The number of nitrogens with zero attached hydrogens (tertiary/aromatic N) is 2. The molecule has 1 N–H and O–H groups in total. The molecule has 0 bridgehead atoms. The summed E-state index contributed by atoms with van der Waals surface area (Å²) in [5.74, 6) is 0.515. The third kappa shape index (κ3) is 35.7. The maximum atomic E-state index is 12.9. The van der Waals surface area contributed by atoms with Crippen molar-refractivity contribution >= 4 is 5.97 Å². The van der Waals surface area contributed by atoms with E-state index in [1.54, 1.807) is 0 Å². The molecule has 2 unspecified atom stereocenters. The van der Waals surface area contributed by atoms with Crippen molar-refractivity contribution in [3.05, 3.63) is 0 Å². The van der Waals surface area contributed by atoms with Gasteiger partial charge in [-0.15, -0.1) is 0 Å². The molecule has 0 heterocycles. The summed E-state index contributed by atoms with van der Waals surface area (Å²) in [5.41, 5.74) is 0. The SMILES string of the molecule is CCCCCCCCCCCCOCC(CN(CCCCCC(=O)OCC(CCCCCC)CCCCCCCC)CCN(CCO)C1CC1)OCCCCCC. The van der Waals surface area contributed by atoms with Gasteiger partial charge in [0.05, 0.1) is 25.9 Å². The molecule has 0 amide bonds. The third-order valence-corrected chi connectivity index (χ3v) is 12.2. The summed E-state index contributed by atoms with van der Waals surface area (Å²) in [6.07, 6.45) is 39.8. The first kappa shape index (κ1) is 54.3. The van der Waals surface area contributed by atoms with Crippen LogP contribution in [0.25, 0.3) is 0 Å². The van der Waals surface area contributed by atoms with Gasteiger partial charge in [0.25, 0.3) is 0 Å². The van der Waals surface area contributed by atoms with Crippen molar-refractivity contribution in [3.8, 4) is 0 Å². The zero-order valence-corrected chi connectivity index (χ0v) is 38.9. The van der Waals surface area contributed by atoms with Crippen molar-refractivity contribution in [2.45, 2.75) is 245 Å². The van der Waals surface area contributed by atoms with Gasteiger partial charge in [0.2, 0.25) is 0 Å². The first-order valence-corrected chi connectivity index (χ1v) is 25.5. The largest absolute Gasteiger partial charge is 0.465 e. The Bertz CT molecular complexity index is 827. The molecule has 57 heavy (non-hydrogen) atoms. The number of carbonyl (C=O) groups excluding carboxylic acids is 1.